The van der Waals surface area contributed by atoms with Gasteiger partial charge in [0.2, 0.25) is 0 Å². The highest BCUT2D eigenvalue weighted by Gasteiger charge is 2.45. The zero-order chi connectivity index (χ0) is 50.6. The lowest BCUT2D eigenvalue weighted by Gasteiger charge is -2.34. The Hall–Kier alpha value is -10.0. The number of benzene rings is 11. The zero-order valence-corrected chi connectivity index (χ0v) is 42.6. The van der Waals surface area contributed by atoms with E-state index in [2.05, 4.69) is 275 Å². The number of hydrogen-bond donors (Lipinski definition) is 0. The van der Waals surface area contributed by atoms with Crippen LogP contribution in [0.5, 0.6) is 0 Å². The van der Waals surface area contributed by atoms with Crippen molar-refractivity contribution in [2.24, 2.45) is 0 Å². The van der Waals surface area contributed by atoms with Crippen molar-refractivity contribution in [3.63, 3.8) is 0 Å². The average molecular weight is 1000 g/mol. The molecule has 6 heteroatoms. The number of furan rings is 2. The lowest BCUT2D eigenvalue weighted by atomic mass is 10.0. The largest absolute Gasteiger partial charge is 0.456 e. The van der Waals surface area contributed by atoms with Crippen LogP contribution in [-0.4, -0.2) is 22.2 Å². The van der Waals surface area contributed by atoms with Crippen molar-refractivity contribution in [1.29, 1.82) is 0 Å². The summed E-state index contributed by atoms with van der Waals surface area (Å²) in [4.78, 5) is 4.57. The van der Waals surface area contributed by atoms with Crippen molar-refractivity contribution in [2.45, 2.75) is 0 Å². The molecule has 5 aromatic heterocycles. The molecule has 0 saturated carbocycles. The third kappa shape index (κ3) is 6.49. The molecule has 0 spiro atoms. The van der Waals surface area contributed by atoms with Gasteiger partial charge in [-0.15, -0.1) is 0 Å². The minimum Gasteiger partial charge on any atom is -0.456 e. The molecule has 0 atom stereocenters. The molecule has 77 heavy (non-hydrogen) atoms. The van der Waals surface area contributed by atoms with Crippen LogP contribution in [-0.2, 0) is 0 Å². The number of para-hydroxylation sites is 5. The lowest BCUT2D eigenvalue weighted by molar-refractivity contribution is 0.670. The SMILES string of the molecule is c1ccc(-n2c3ccccc3c3cc(-c4ccc5oc6c([Si](c7ccccc7)(c7ccccc7)c7cccc8c7oc7ccc(-c9ccc%10c(c9)c9cnccc9n%10-c9ccccc9)cc78)cccc6c5c4)ccc32)cc1. The maximum absolute atomic E-state index is 7.24. The Morgan fingerprint density at radius 1 is 0.299 bits per heavy atom. The highest BCUT2D eigenvalue weighted by Crippen LogP contribution is 2.40. The Kier molecular flexibility index (Phi) is 9.59. The number of rotatable bonds is 8. The van der Waals surface area contributed by atoms with Crippen LogP contribution in [0.2, 0.25) is 0 Å². The summed E-state index contributed by atoms with van der Waals surface area (Å²) in [6.45, 7) is 0. The molecule has 16 aromatic rings. The minimum atomic E-state index is -3.27. The summed E-state index contributed by atoms with van der Waals surface area (Å²) in [5.41, 5.74) is 15.0. The summed E-state index contributed by atoms with van der Waals surface area (Å²) in [5.74, 6) is 0. The van der Waals surface area contributed by atoms with Gasteiger partial charge in [0, 0.05) is 66.9 Å². The van der Waals surface area contributed by atoms with E-state index in [9.17, 15) is 0 Å². The van der Waals surface area contributed by atoms with E-state index < -0.39 is 8.07 Å². The fourth-order valence-electron chi connectivity index (χ4n) is 12.8. The number of nitrogens with zero attached hydrogens (tertiary/aromatic N) is 3. The predicted molar refractivity (Wildman–Crippen MR) is 322 cm³/mol. The number of aromatic nitrogens is 3. The van der Waals surface area contributed by atoms with Crippen molar-refractivity contribution in [3.8, 4) is 33.6 Å². The molecule has 0 fully saturated rings. The maximum Gasteiger partial charge on any atom is 0.188 e. The second-order valence-electron chi connectivity index (χ2n) is 20.2. The molecular formula is C71H45N3O2Si. The van der Waals surface area contributed by atoms with E-state index in [-0.39, 0.29) is 0 Å². The van der Waals surface area contributed by atoms with Gasteiger partial charge in [0.05, 0.1) is 22.1 Å². The Balaban J connectivity index is 0.878. The Bertz CT molecular complexity index is 4660. The third-order valence-corrected chi connectivity index (χ3v) is 21.0. The summed E-state index contributed by atoms with van der Waals surface area (Å²) >= 11 is 0. The van der Waals surface area contributed by atoms with Crippen molar-refractivity contribution >= 4 is 116 Å². The molecule has 11 aromatic carbocycles. The van der Waals surface area contributed by atoms with E-state index in [0.29, 0.717) is 0 Å². The van der Waals surface area contributed by atoms with Gasteiger partial charge >= 0.3 is 0 Å². The van der Waals surface area contributed by atoms with Gasteiger partial charge in [-0.3, -0.25) is 4.98 Å². The molecule has 0 aliphatic rings. The van der Waals surface area contributed by atoms with Crippen LogP contribution in [0, 0.1) is 0 Å². The topological polar surface area (TPSA) is 49.0 Å². The molecule has 0 aliphatic carbocycles. The predicted octanol–water partition coefficient (Wildman–Crippen LogP) is 15.8. The third-order valence-electron chi connectivity index (χ3n) is 16.1. The van der Waals surface area contributed by atoms with Gasteiger partial charge in [-0.2, -0.15) is 0 Å². The molecule has 16 rings (SSSR count). The van der Waals surface area contributed by atoms with E-state index in [1.165, 1.54) is 42.6 Å². The summed E-state index contributed by atoms with van der Waals surface area (Å²) in [5, 5.41) is 13.9. The second-order valence-corrected chi connectivity index (χ2v) is 23.9. The summed E-state index contributed by atoms with van der Waals surface area (Å²) in [6.07, 6.45) is 3.87. The van der Waals surface area contributed by atoms with Gasteiger partial charge in [0.25, 0.3) is 0 Å². The molecule has 0 aliphatic heterocycles. The molecule has 360 valence electrons. The normalized spacial score (nSPS) is 12.2. The standard InChI is InChI=1S/C71H45N3O2Si/c1-5-17-50(18-6-1)73-62-28-14-13-25-54(62)57-41-46(31-35-63(57)73)48-33-37-66-59(43-48)55-26-15-29-68(70(55)75-66)77(52-21-9-3-10-22-52,53-23-11-4-12-24-53)69-30-16-27-56-60-44-49(34-38-67(60)76-71(56)69)47-32-36-64-58(42-47)61-45-72-40-39-65(61)74(64)51-19-7-2-8-20-51/h1-45H. The smallest absolute Gasteiger partial charge is 0.188 e. The van der Waals surface area contributed by atoms with Crippen LogP contribution < -0.4 is 20.7 Å². The van der Waals surface area contributed by atoms with Gasteiger partial charge in [0.1, 0.15) is 22.3 Å². The van der Waals surface area contributed by atoms with Crippen LogP contribution in [0.3, 0.4) is 0 Å². The van der Waals surface area contributed by atoms with E-state index in [4.69, 9.17) is 8.83 Å². The molecule has 0 bridgehead atoms. The zero-order valence-electron chi connectivity index (χ0n) is 41.6. The van der Waals surface area contributed by atoms with Crippen molar-refractivity contribution < 1.29 is 8.83 Å². The van der Waals surface area contributed by atoms with Crippen LogP contribution in [0.25, 0.3) is 121 Å². The van der Waals surface area contributed by atoms with Crippen molar-refractivity contribution in [2.75, 3.05) is 0 Å². The van der Waals surface area contributed by atoms with Crippen LogP contribution in [0.4, 0.5) is 0 Å². The summed E-state index contributed by atoms with van der Waals surface area (Å²) < 4.78 is 19.2. The first kappa shape index (κ1) is 43.4. The van der Waals surface area contributed by atoms with Crippen LogP contribution >= 0.6 is 0 Å². The molecule has 0 N–H and O–H groups in total. The van der Waals surface area contributed by atoms with E-state index >= 15 is 0 Å². The average Bonchev–Trinajstić information content (AvgIpc) is 4.48. The van der Waals surface area contributed by atoms with Crippen molar-refractivity contribution in [3.05, 3.63) is 273 Å². The second kappa shape index (κ2) is 17.0. The quantitative estimate of drug-likeness (QED) is 0.113. The van der Waals surface area contributed by atoms with Gasteiger partial charge in [-0.1, -0.05) is 176 Å². The van der Waals surface area contributed by atoms with Crippen LogP contribution in [0.1, 0.15) is 0 Å². The first-order valence-electron chi connectivity index (χ1n) is 26.2. The summed E-state index contributed by atoms with van der Waals surface area (Å²) in [7, 11) is -3.27. The van der Waals surface area contributed by atoms with Gasteiger partial charge in [-0.05, 0) is 128 Å². The van der Waals surface area contributed by atoms with E-state index in [1.807, 2.05) is 12.4 Å². The Morgan fingerprint density at radius 3 is 1.22 bits per heavy atom. The van der Waals surface area contributed by atoms with Gasteiger partial charge in [-0.25, -0.2) is 0 Å². The molecule has 5 heterocycles. The van der Waals surface area contributed by atoms with Crippen molar-refractivity contribution in [1.82, 2.24) is 14.1 Å². The minimum absolute atomic E-state index is 0.850. The van der Waals surface area contributed by atoms with E-state index in [0.717, 1.165) is 99.3 Å². The highest BCUT2D eigenvalue weighted by atomic mass is 28.3. The first-order valence-corrected chi connectivity index (χ1v) is 28.2. The number of hydrogen-bond acceptors (Lipinski definition) is 3. The first-order chi connectivity index (χ1) is 38.2. The maximum atomic E-state index is 7.24. The monoisotopic (exact) mass is 999 g/mol. The Labute approximate surface area is 443 Å². The molecule has 5 nitrogen and oxygen atoms in total. The van der Waals surface area contributed by atoms with E-state index in [1.54, 1.807) is 0 Å². The lowest BCUT2D eigenvalue weighted by Crippen LogP contribution is -2.75. The molecule has 0 unspecified atom stereocenters. The number of pyridine rings is 1. The molecule has 0 amide bonds. The fraction of sp³-hybridized carbons (Fsp3) is 0. The van der Waals surface area contributed by atoms with Crippen LogP contribution in [0.15, 0.2) is 282 Å². The fourth-order valence-corrected chi connectivity index (χ4v) is 17.8. The molecule has 0 radical (unpaired) electrons. The van der Waals surface area contributed by atoms with Gasteiger partial charge < -0.3 is 18.0 Å². The number of fused-ring (bicyclic) bond motifs is 12. The molecule has 0 saturated heterocycles. The van der Waals surface area contributed by atoms with Gasteiger partial charge in [0.15, 0.2) is 8.07 Å². The Morgan fingerprint density at radius 2 is 0.701 bits per heavy atom. The molecular weight excluding hydrogens is 955 g/mol. The summed E-state index contributed by atoms with van der Waals surface area (Å²) in [6, 6.07) is 94.8. The highest BCUT2D eigenvalue weighted by molar-refractivity contribution is 7.21.